The summed E-state index contributed by atoms with van der Waals surface area (Å²) in [7, 11) is 0. The lowest BCUT2D eigenvalue weighted by Crippen LogP contribution is -2.58. The summed E-state index contributed by atoms with van der Waals surface area (Å²) in [4.78, 5) is 28.1. The van der Waals surface area contributed by atoms with Crippen LogP contribution in [-0.2, 0) is 9.59 Å². The van der Waals surface area contributed by atoms with Crippen molar-refractivity contribution in [1.29, 1.82) is 0 Å². The minimum atomic E-state index is -0.949. The van der Waals surface area contributed by atoms with Crippen molar-refractivity contribution in [2.45, 2.75) is 69.7 Å². The van der Waals surface area contributed by atoms with Crippen molar-refractivity contribution in [3.63, 3.8) is 0 Å². The van der Waals surface area contributed by atoms with Crippen LogP contribution in [0.5, 0.6) is 5.75 Å². The van der Waals surface area contributed by atoms with E-state index in [1.807, 2.05) is 43.0 Å². The van der Waals surface area contributed by atoms with E-state index < -0.39 is 24.2 Å². The molecule has 1 aromatic rings. The molecule has 0 saturated heterocycles. The van der Waals surface area contributed by atoms with Crippen molar-refractivity contribution in [2.75, 3.05) is 13.2 Å². The van der Waals surface area contributed by atoms with Gasteiger partial charge < -0.3 is 25.2 Å². The average Bonchev–Trinajstić information content (AvgIpc) is 3.42. The molecule has 168 valence electrons. The highest BCUT2D eigenvalue weighted by atomic mass is 16.5. The van der Waals surface area contributed by atoms with E-state index in [1.54, 1.807) is 6.08 Å². The van der Waals surface area contributed by atoms with E-state index >= 15 is 0 Å². The molecule has 0 bridgehead atoms. The van der Waals surface area contributed by atoms with Crippen LogP contribution < -0.4 is 10.1 Å². The van der Waals surface area contributed by atoms with E-state index in [9.17, 15) is 14.7 Å². The van der Waals surface area contributed by atoms with Gasteiger partial charge >= 0.3 is 0 Å². The van der Waals surface area contributed by atoms with Crippen LogP contribution in [0.4, 0.5) is 0 Å². The lowest BCUT2D eigenvalue weighted by Gasteiger charge is -2.44. The van der Waals surface area contributed by atoms with Crippen molar-refractivity contribution in [3.8, 4) is 5.75 Å². The van der Waals surface area contributed by atoms with Crippen LogP contribution in [0.1, 0.15) is 51.0 Å². The largest absolute Gasteiger partial charge is 0.486 e. The number of aliphatic hydroxyl groups excluding tert-OH is 2. The van der Waals surface area contributed by atoms with Gasteiger partial charge in [0.1, 0.15) is 18.0 Å². The standard InChI is InChI=1S/C24H32N2O5/c1-14(2)24(30)26(15-7-3-4-8-15)18-13-17(23(29)25-11-12-27)20-16-9-5-6-10-19(16)31-22(20)21(18)28/h5-6,9-10,13-15,18,20-22,27-28H,3-4,7-8,11-12H2,1-2H3,(H,25,29). The molecule has 4 unspecified atom stereocenters. The SMILES string of the molecule is CC(C)C(=O)N(C1CCCC1)C1C=C(C(=O)NCCO)C2c3ccccc3OC2C1O. The van der Waals surface area contributed by atoms with Crippen molar-refractivity contribution in [3.05, 3.63) is 41.5 Å². The second-order valence-electron chi connectivity index (χ2n) is 9.02. The van der Waals surface area contributed by atoms with E-state index in [0.717, 1.165) is 31.2 Å². The second kappa shape index (κ2) is 9.01. The molecule has 0 aromatic heterocycles. The lowest BCUT2D eigenvalue weighted by atomic mass is 9.77. The van der Waals surface area contributed by atoms with Gasteiger partial charge in [-0.25, -0.2) is 0 Å². The fraction of sp³-hybridized carbons (Fsp3) is 0.583. The Hall–Kier alpha value is -2.38. The van der Waals surface area contributed by atoms with Gasteiger partial charge in [0.25, 0.3) is 0 Å². The number of hydrogen-bond acceptors (Lipinski definition) is 5. The highest BCUT2D eigenvalue weighted by Gasteiger charge is 2.51. The number of rotatable bonds is 6. The molecule has 0 spiro atoms. The van der Waals surface area contributed by atoms with Crippen LogP contribution >= 0.6 is 0 Å². The Morgan fingerprint density at radius 2 is 1.94 bits per heavy atom. The fourth-order valence-corrected chi connectivity index (χ4v) is 5.21. The molecular weight excluding hydrogens is 396 g/mol. The fourth-order valence-electron chi connectivity index (χ4n) is 5.21. The molecule has 0 radical (unpaired) electrons. The number of hydrogen-bond donors (Lipinski definition) is 3. The summed E-state index contributed by atoms with van der Waals surface area (Å²) in [5.41, 5.74) is 1.34. The Morgan fingerprint density at radius 3 is 2.61 bits per heavy atom. The summed E-state index contributed by atoms with van der Waals surface area (Å²) in [6.45, 7) is 3.71. The molecule has 4 atom stereocenters. The van der Waals surface area contributed by atoms with Gasteiger partial charge in [0, 0.05) is 29.6 Å². The molecule has 2 amide bonds. The zero-order valence-electron chi connectivity index (χ0n) is 18.2. The summed E-state index contributed by atoms with van der Waals surface area (Å²) >= 11 is 0. The molecule has 1 saturated carbocycles. The normalized spacial score (nSPS) is 27.3. The van der Waals surface area contributed by atoms with Crippen molar-refractivity contribution in [2.24, 2.45) is 5.92 Å². The van der Waals surface area contributed by atoms with Gasteiger partial charge in [-0.15, -0.1) is 0 Å². The zero-order chi connectivity index (χ0) is 22.1. The first kappa shape index (κ1) is 21.8. The number of aliphatic hydroxyl groups is 2. The van der Waals surface area contributed by atoms with Crippen LogP contribution in [0.25, 0.3) is 0 Å². The first-order valence-electron chi connectivity index (χ1n) is 11.3. The molecule has 2 aliphatic carbocycles. The van der Waals surface area contributed by atoms with Crippen LogP contribution in [0, 0.1) is 5.92 Å². The quantitative estimate of drug-likeness (QED) is 0.641. The molecule has 1 aromatic carbocycles. The van der Waals surface area contributed by atoms with Crippen LogP contribution in [-0.4, -0.2) is 64.4 Å². The van der Waals surface area contributed by atoms with Crippen molar-refractivity contribution < 1.29 is 24.5 Å². The molecule has 1 heterocycles. The maximum atomic E-state index is 13.2. The molecule has 1 fully saturated rings. The summed E-state index contributed by atoms with van der Waals surface area (Å²) < 4.78 is 6.13. The van der Waals surface area contributed by atoms with Gasteiger partial charge in [-0.3, -0.25) is 9.59 Å². The first-order valence-corrected chi connectivity index (χ1v) is 11.3. The van der Waals surface area contributed by atoms with E-state index in [-0.39, 0.29) is 36.9 Å². The number of fused-ring (bicyclic) bond motifs is 3. The zero-order valence-corrected chi connectivity index (χ0v) is 18.2. The molecule has 7 heteroatoms. The van der Waals surface area contributed by atoms with Gasteiger partial charge in [0.15, 0.2) is 0 Å². The predicted molar refractivity (Wildman–Crippen MR) is 116 cm³/mol. The Balaban J connectivity index is 1.77. The number of amides is 2. The molecule has 3 aliphatic rings. The van der Waals surface area contributed by atoms with Gasteiger partial charge in [-0.1, -0.05) is 44.9 Å². The second-order valence-corrected chi connectivity index (χ2v) is 9.02. The van der Waals surface area contributed by atoms with Gasteiger partial charge in [0.2, 0.25) is 11.8 Å². The monoisotopic (exact) mass is 428 g/mol. The first-order chi connectivity index (χ1) is 14.9. The third-order valence-electron chi connectivity index (χ3n) is 6.66. The molecular formula is C24H32N2O5. The third kappa shape index (κ3) is 3.96. The summed E-state index contributed by atoms with van der Waals surface area (Å²) in [5.74, 6) is -0.297. The number of nitrogens with one attached hydrogen (secondary N) is 1. The number of carbonyl (C=O) groups is 2. The van der Waals surface area contributed by atoms with Crippen LogP contribution in [0.2, 0.25) is 0 Å². The summed E-state index contributed by atoms with van der Waals surface area (Å²) in [6, 6.07) is 6.92. The number of benzene rings is 1. The smallest absolute Gasteiger partial charge is 0.247 e. The maximum Gasteiger partial charge on any atom is 0.247 e. The van der Waals surface area contributed by atoms with E-state index in [1.165, 1.54) is 0 Å². The van der Waals surface area contributed by atoms with Gasteiger partial charge in [-0.05, 0) is 25.0 Å². The predicted octanol–water partition coefficient (Wildman–Crippen LogP) is 1.74. The van der Waals surface area contributed by atoms with Crippen LogP contribution in [0.15, 0.2) is 35.9 Å². The molecule has 1 aliphatic heterocycles. The van der Waals surface area contributed by atoms with E-state index in [2.05, 4.69) is 5.32 Å². The van der Waals surface area contributed by atoms with Gasteiger partial charge in [0.05, 0.1) is 18.6 Å². The van der Waals surface area contributed by atoms with Crippen molar-refractivity contribution >= 4 is 11.8 Å². The summed E-state index contributed by atoms with van der Waals surface area (Å²) in [5, 5.41) is 23.3. The lowest BCUT2D eigenvalue weighted by molar-refractivity contribution is -0.143. The third-order valence-corrected chi connectivity index (χ3v) is 6.66. The van der Waals surface area contributed by atoms with Gasteiger partial charge in [-0.2, -0.15) is 0 Å². The molecule has 31 heavy (non-hydrogen) atoms. The minimum Gasteiger partial charge on any atom is -0.486 e. The summed E-state index contributed by atoms with van der Waals surface area (Å²) in [6.07, 6.45) is 4.07. The van der Waals surface area contributed by atoms with Crippen LogP contribution in [0.3, 0.4) is 0 Å². The highest BCUT2D eigenvalue weighted by Crippen LogP contribution is 2.47. The van der Waals surface area contributed by atoms with E-state index in [4.69, 9.17) is 9.84 Å². The highest BCUT2D eigenvalue weighted by molar-refractivity contribution is 5.96. The molecule has 3 N–H and O–H groups in total. The Bertz CT molecular complexity index is 861. The Morgan fingerprint density at radius 1 is 1.23 bits per heavy atom. The minimum absolute atomic E-state index is 0.0173. The maximum absolute atomic E-state index is 13.2. The number of para-hydroxylation sites is 1. The van der Waals surface area contributed by atoms with Crippen molar-refractivity contribution in [1.82, 2.24) is 10.2 Å². The number of nitrogens with zero attached hydrogens (tertiary/aromatic N) is 1. The topological polar surface area (TPSA) is 99.1 Å². The van der Waals surface area contributed by atoms with E-state index in [0.29, 0.717) is 11.3 Å². The Labute approximate surface area is 183 Å². The molecule has 4 rings (SSSR count). The molecule has 7 nitrogen and oxygen atoms in total. The number of ether oxygens (including phenoxy) is 1. The Kier molecular flexibility index (Phi) is 6.34. The average molecular weight is 429 g/mol. The number of carbonyl (C=O) groups excluding carboxylic acids is 2.